The number of carbonyl (C=O) groups excluding carboxylic acids is 3. The van der Waals surface area contributed by atoms with Crippen molar-refractivity contribution < 1.29 is 32.9 Å². The molecule has 1 aromatic carbocycles. The van der Waals surface area contributed by atoms with Crippen LogP contribution in [-0.4, -0.2) is 34.8 Å². The van der Waals surface area contributed by atoms with Crippen molar-refractivity contribution in [2.45, 2.75) is 6.54 Å². The van der Waals surface area contributed by atoms with E-state index in [1.165, 1.54) is 43.7 Å². The highest BCUT2D eigenvalue weighted by molar-refractivity contribution is 6.30. The second-order valence-electron chi connectivity index (χ2n) is 6.63. The van der Waals surface area contributed by atoms with Crippen LogP contribution in [-0.2, 0) is 16.1 Å². The number of ether oxygens (including phenoxy) is 1. The molecule has 0 atom stereocenters. The number of non-ortho nitro benzene ring substituents is 1. The molecule has 32 heavy (non-hydrogen) atoms. The molecule has 11 nitrogen and oxygen atoms in total. The minimum atomic E-state index is -0.860. The first-order valence-electron chi connectivity index (χ1n) is 9.21. The van der Waals surface area contributed by atoms with Gasteiger partial charge in [-0.2, -0.15) is 0 Å². The van der Waals surface area contributed by atoms with Gasteiger partial charge in [-0.05, 0) is 36.4 Å². The average Bonchev–Trinajstić information content (AvgIpc) is 3.45. The molecule has 4 rings (SSSR count). The molecule has 0 aliphatic carbocycles. The first kappa shape index (κ1) is 20.6. The van der Waals surface area contributed by atoms with Gasteiger partial charge < -0.3 is 13.6 Å². The lowest BCUT2D eigenvalue weighted by Crippen LogP contribution is -2.53. The molecule has 0 unspecified atom stereocenters. The Labute approximate surface area is 180 Å². The van der Waals surface area contributed by atoms with Gasteiger partial charge in [0.05, 0.1) is 36.5 Å². The third-order valence-corrected chi connectivity index (χ3v) is 4.65. The molecule has 1 fully saturated rings. The van der Waals surface area contributed by atoms with Crippen LogP contribution in [0.25, 0.3) is 17.4 Å². The molecule has 2 aromatic heterocycles. The SMILES string of the molecule is COc1cc([N+](=O)[O-])ccc1-c1ccc(C=C2C(=O)NC(=O)N(Cc3ccco3)C2=O)o1. The second-order valence-corrected chi connectivity index (χ2v) is 6.63. The summed E-state index contributed by atoms with van der Waals surface area (Å²) in [4.78, 5) is 48.4. The molecule has 4 amide bonds. The quantitative estimate of drug-likeness (QED) is 0.268. The molecular formula is C21H15N3O8. The summed E-state index contributed by atoms with van der Waals surface area (Å²) in [5, 5.41) is 13.1. The van der Waals surface area contributed by atoms with Crippen LogP contribution in [0.4, 0.5) is 10.5 Å². The van der Waals surface area contributed by atoms with Crippen LogP contribution >= 0.6 is 0 Å². The summed E-state index contributed by atoms with van der Waals surface area (Å²) in [5.41, 5.74) is -0.00481. The van der Waals surface area contributed by atoms with Crippen LogP contribution in [0.5, 0.6) is 5.75 Å². The fourth-order valence-electron chi connectivity index (χ4n) is 3.11. The van der Waals surface area contributed by atoms with E-state index < -0.39 is 22.8 Å². The highest BCUT2D eigenvalue weighted by Crippen LogP contribution is 2.34. The Hall–Kier alpha value is -4.67. The zero-order valence-corrected chi connectivity index (χ0v) is 16.6. The number of hydrogen-bond donors (Lipinski definition) is 1. The Bertz CT molecular complexity index is 1260. The van der Waals surface area contributed by atoms with Crippen molar-refractivity contribution in [2.75, 3.05) is 7.11 Å². The molecule has 0 saturated carbocycles. The molecule has 162 valence electrons. The van der Waals surface area contributed by atoms with Crippen molar-refractivity contribution in [3.8, 4) is 17.1 Å². The minimum Gasteiger partial charge on any atom is -0.496 e. The van der Waals surface area contributed by atoms with Crippen LogP contribution in [0.3, 0.4) is 0 Å². The van der Waals surface area contributed by atoms with Gasteiger partial charge >= 0.3 is 6.03 Å². The van der Waals surface area contributed by atoms with E-state index >= 15 is 0 Å². The number of barbiturate groups is 1. The molecule has 0 spiro atoms. The molecule has 1 aliphatic rings. The Kier molecular flexibility index (Phi) is 5.29. The largest absolute Gasteiger partial charge is 0.496 e. The third-order valence-electron chi connectivity index (χ3n) is 4.65. The fourth-order valence-corrected chi connectivity index (χ4v) is 3.11. The maximum atomic E-state index is 12.8. The van der Waals surface area contributed by atoms with Crippen LogP contribution in [0, 0.1) is 10.1 Å². The molecule has 1 aliphatic heterocycles. The maximum absolute atomic E-state index is 12.8. The average molecular weight is 437 g/mol. The van der Waals surface area contributed by atoms with E-state index in [2.05, 4.69) is 5.32 Å². The topological polar surface area (TPSA) is 145 Å². The van der Waals surface area contributed by atoms with E-state index in [1.807, 2.05) is 0 Å². The smallest absolute Gasteiger partial charge is 0.331 e. The number of carbonyl (C=O) groups is 3. The molecule has 1 N–H and O–H groups in total. The number of nitro benzene ring substituents is 1. The number of benzene rings is 1. The van der Waals surface area contributed by atoms with Crippen molar-refractivity contribution in [3.63, 3.8) is 0 Å². The van der Waals surface area contributed by atoms with Crippen molar-refractivity contribution in [3.05, 3.63) is 75.9 Å². The first-order chi connectivity index (χ1) is 15.4. The zero-order valence-electron chi connectivity index (χ0n) is 16.6. The van der Waals surface area contributed by atoms with Crippen molar-refractivity contribution in [1.82, 2.24) is 10.2 Å². The predicted molar refractivity (Wildman–Crippen MR) is 108 cm³/mol. The van der Waals surface area contributed by atoms with Gasteiger partial charge in [0, 0.05) is 6.07 Å². The lowest BCUT2D eigenvalue weighted by molar-refractivity contribution is -0.384. The standard InChI is InChI=1S/C21H15N3O8/c1-30-18-9-12(24(28)29)4-6-15(18)17-7-5-13(32-17)10-16-19(25)22-21(27)23(20(16)26)11-14-3-2-8-31-14/h2-10H,11H2,1H3,(H,22,25,27). The Morgan fingerprint density at radius 1 is 1.19 bits per heavy atom. The molecule has 3 aromatic rings. The monoisotopic (exact) mass is 437 g/mol. The van der Waals surface area contributed by atoms with E-state index in [0.29, 0.717) is 17.1 Å². The molecule has 0 bridgehead atoms. The van der Waals surface area contributed by atoms with Crippen molar-refractivity contribution >= 4 is 29.6 Å². The predicted octanol–water partition coefficient (Wildman–Crippen LogP) is 3.12. The number of furan rings is 2. The Morgan fingerprint density at radius 2 is 2.00 bits per heavy atom. The zero-order chi connectivity index (χ0) is 22.8. The van der Waals surface area contributed by atoms with Gasteiger partial charge in [-0.3, -0.25) is 29.9 Å². The molecular weight excluding hydrogens is 422 g/mol. The van der Waals surface area contributed by atoms with Crippen LogP contribution in [0.1, 0.15) is 11.5 Å². The van der Waals surface area contributed by atoms with Crippen LogP contribution < -0.4 is 10.1 Å². The van der Waals surface area contributed by atoms with Gasteiger partial charge in [-0.25, -0.2) is 4.79 Å². The summed E-state index contributed by atoms with van der Waals surface area (Å²) < 4.78 is 16.1. The summed E-state index contributed by atoms with van der Waals surface area (Å²) in [5.74, 6) is -0.619. The van der Waals surface area contributed by atoms with E-state index in [0.717, 1.165) is 4.90 Å². The lowest BCUT2D eigenvalue weighted by Gasteiger charge is -2.25. The van der Waals surface area contributed by atoms with Gasteiger partial charge in [0.15, 0.2) is 0 Å². The summed E-state index contributed by atoms with van der Waals surface area (Å²) >= 11 is 0. The number of nitrogens with one attached hydrogen (secondary N) is 1. The minimum absolute atomic E-state index is 0.147. The summed E-state index contributed by atoms with van der Waals surface area (Å²) in [6, 6.07) is 9.45. The van der Waals surface area contributed by atoms with Gasteiger partial charge in [-0.15, -0.1) is 0 Å². The first-order valence-corrected chi connectivity index (χ1v) is 9.21. The molecule has 1 saturated heterocycles. The van der Waals surface area contributed by atoms with Crippen LogP contribution in [0.15, 0.2) is 63.1 Å². The summed E-state index contributed by atoms with van der Waals surface area (Å²) in [6.45, 7) is -0.147. The van der Waals surface area contributed by atoms with Gasteiger partial charge in [0.25, 0.3) is 17.5 Å². The third kappa shape index (κ3) is 3.86. The summed E-state index contributed by atoms with van der Waals surface area (Å²) in [7, 11) is 1.37. The lowest BCUT2D eigenvalue weighted by atomic mass is 10.1. The fraction of sp³-hybridized carbons (Fsp3) is 0.0952. The van der Waals surface area contributed by atoms with Gasteiger partial charge in [0.2, 0.25) is 0 Å². The van der Waals surface area contributed by atoms with Crippen molar-refractivity contribution in [1.29, 1.82) is 0 Å². The van der Waals surface area contributed by atoms with Gasteiger partial charge in [0.1, 0.15) is 28.6 Å². The normalized spacial score (nSPS) is 15.2. The van der Waals surface area contributed by atoms with Crippen LogP contribution in [0.2, 0.25) is 0 Å². The molecule has 11 heteroatoms. The Morgan fingerprint density at radius 3 is 2.69 bits per heavy atom. The number of nitrogens with zero attached hydrogens (tertiary/aromatic N) is 2. The maximum Gasteiger partial charge on any atom is 0.331 e. The number of hydrogen-bond acceptors (Lipinski definition) is 8. The van der Waals surface area contributed by atoms with E-state index in [4.69, 9.17) is 13.6 Å². The Balaban J connectivity index is 1.63. The summed E-state index contributed by atoms with van der Waals surface area (Å²) in [6.07, 6.45) is 2.61. The van der Waals surface area contributed by atoms with Crippen molar-refractivity contribution in [2.24, 2.45) is 0 Å². The second kappa shape index (κ2) is 8.22. The number of urea groups is 1. The van der Waals surface area contributed by atoms with E-state index in [1.54, 1.807) is 18.2 Å². The number of rotatable bonds is 6. The highest BCUT2D eigenvalue weighted by atomic mass is 16.6. The number of nitro groups is 1. The van der Waals surface area contributed by atoms with E-state index in [9.17, 15) is 24.5 Å². The number of imide groups is 2. The highest BCUT2D eigenvalue weighted by Gasteiger charge is 2.36. The number of amides is 4. The number of methoxy groups -OCH3 is 1. The van der Waals surface area contributed by atoms with Gasteiger partial charge in [-0.1, -0.05) is 0 Å². The van der Waals surface area contributed by atoms with E-state index in [-0.39, 0.29) is 29.3 Å². The molecule has 0 radical (unpaired) electrons. The molecule has 3 heterocycles.